The van der Waals surface area contributed by atoms with Crippen molar-refractivity contribution in [3.63, 3.8) is 0 Å². The minimum atomic E-state index is -0.178. The Morgan fingerprint density at radius 2 is 1.62 bits per heavy atom. The van der Waals surface area contributed by atoms with E-state index in [2.05, 4.69) is 19.2 Å². The summed E-state index contributed by atoms with van der Waals surface area (Å²) >= 11 is 0. The van der Waals surface area contributed by atoms with E-state index >= 15 is 0 Å². The fraction of sp³-hybridized carbons (Fsp3) is 0.579. The van der Waals surface area contributed by atoms with Crippen LogP contribution in [-0.2, 0) is 9.59 Å². The molecule has 0 saturated heterocycles. The normalized spacial score (nSPS) is 18.8. The Morgan fingerprint density at radius 1 is 1.04 bits per heavy atom. The Hall–Kier alpha value is -2.04. The summed E-state index contributed by atoms with van der Waals surface area (Å²) in [7, 11) is 3.96. The van der Waals surface area contributed by atoms with E-state index in [9.17, 15) is 9.59 Å². The molecule has 1 aliphatic carbocycles. The minimum absolute atomic E-state index is 0.0427. The third-order valence-electron chi connectivity index (χ3n) is 4.39. The van der Waals surface area contributed by atoms with Gasteiger partial charge in [-0.3, -0.25) is 9.59 Å². The van der Waals surface area contributed by atoms with Gasteiger partial charge in [0.2, 0.25) is 11.8 Å². The van der Waals surface area contributed by atoms with E-state index in [-0.39, 0.29) is 23.7 Å². The molecule has 2 unspecified atom stereocenters. The maximum absolute atomic E-state index is 12.5. The second-order valence-electron chi connectivity index (χ2n) is 6.70. The highest BCUT2D eigenvalue weighted by atomic mass is 16.2. The lowest BCUT2D eigenvalue weighted by atomic mass is 10.2. The van der Waals surface area contributed by atoms with E-state index in [4.69, 9.17) is 0 Å². The molecule has 1 aromatic rings. The predicted octanol–water partition coefficient (Wildman–Crippen LogP) is 2.98. The molecule has 0 heterocycles. The molecule has 0 spiro atoms. The molecule has 5 nitrogen and oxygen atoms in total. The summed E-state index contributed by atoms with van der Waals surface area (Å²) in [5.74, 6) is -0.216. The third kappa shape index (κ3) is 4.49. The largest absolute Gasteiger partial charge is 0.378 e. The van der Waals surface area contributed by atoms with Gasteiger partial charge in [-0.2, -0.15) is 0 Å². The lowest BCUT2D eigenvalue weighted by Crippen LogP contribution is -2.34. The number of carbonyl (C=O) groups is 2. The molecule has 2 amide bonds. The monoisotopic (exact) mass is 331 g/mol. The van der Waals surface area contributed by atoms with Crippen LogP contribution < -0.4 is 10.2 Å². The van der Waals surface area contributed by atoms with Gasteiger partial charge in [-0.15, -0.1) is 0 Å². The molecule has 24 heavy (non-hydrogen) atoms. The molecule has 1 saturated carbocycles. The standard InChI is InChI=1S/C19H29N3O2/c1-5-11-22(12-6-2)19(24)17-13-16(17)18(23)20-14-7-9-15(10-8-14)21(3)4/h7-10,16-17H,5-6,11-13H2,1-4H3,(H,20,23). The number of carbonyl (C=O) groups excluding carboxylic acids is 2. The Balaban J connectivity index is 1.89. The topological polar surface area (TPSA) is 52.7 Å². The summed E-state index contributed by atoms with van der Waals surface area (Å²) in [6.45, 7) is 5.71. The van der Waals surface area contributed by atoms with E-state index in [0.29, 0.717) is 6.42 Å². The first-order valence-electron chi connectivity index (χ1n) is 8.85. The fourth-order valence-electron chi connectivity index (χ4n) is 2.94. The van der Waals surface area contributed by atoms with Crippen molar-refractivity contribution >= 4 is 23.2 Å². The maximum atomic E-state index is 12.5. The average molecular weight is 331 g/mol. The molecule has 1 aromatic carbocycles. The van der Waals surface area contributed by atoms with Crippen molar-refractivity contribution in [2.24, 2.45) is 11.8 Å². The lowest BCUT2D eigenvalue weighted by molar-refractivity contribution is -0.134. The summed E-state index contributed by atoms with van der Waals surface area (Å²) in [6, 6.07) is 7.73. The second kappa shape index (κ2) is 8.18. The molecule has 132 valence electrons. The van der Waals surface area contributed by atoms with Crippen molar-refractivity contribution in [3.8, 4) is 0 Å². The van der Waals surface area contributed by atoms with Gasteiger partial charge >= 0.3 is 0 Å². The molecule has 0 aromatic heterocycles. The van der Waals surface area contributed by atoms with Gasteiger partial charge < -0.3 is 15.1 Å². The highest BCUT2D eigenvalue weighted by Gasteiger charge is 2.49. The van der Waals surface area contributed by atoms with E-state index in [1.54, 1.807) is 0 Å². The lowest BCUT2D eigenvalue weighted by Gasteiger charge is -2.21. The summed E-state index contributed by atoms with van der Waals surface area (Å²) in [5.41, 5.74) is 1.87. The van der Waals surface area contributed by atoms with Crippen LogP contribution >= 0.6 is 0 Å². The number of hydrogen-bond acceptors (Lipinski definition) is 3. The van der Waals surface area contributed by atoms with Crippen LogP contribution in [0.1, 0.15) is 33.1 Å². The van der Waals surface area contributed by atoms with Crippen LogP contribution in [0, 0.1) is 11.8 Å². The first-order valence-corrected chi connectivity index (χ1v) is 8.85. The number of hydrogen-bond donors (Lipinski definition) is 1. The van der Waals surface area contributed by atoms with Gasteiger partial charge in [0.25, 0.3) is 0 Å². The molecule has 2 atom stereocenters. The van der Waals surface area contributed by atoms with Gasteiger partial charge in [0.05, 0.1) is 11.8 Å². The van der Waals surface area contributed by atoms with Gasteiger partial charge in [0.15, 0.2) is 0 Å². The van der Waals surface area contributed by atoms with Crippen molar-refractivity contribution in [1.29, 1.82) is 0 Å². The van der Waals surface area contributed by atoms with Gasteiger partial charge in [0, 0.05) is 38.6 Å². The van der Waals surface area contributed by atoms with Gasteiger partial charge in [-0.05, 0) is 43.5 Å². The molecule has 2 rings (SSSR count). The van der Waals surface area contributed by atoms with E-state index in [1.165, 1.54) is 0 Å². The van der Waals surface area contributed by atoms with Crippen LogP contribution in [0.15, 0.2) is 24.3 Å². The molecule has 5 heteroatoms. The van der Waals surface area contributed by atoms with Gasteiger partial charge in [0.1, 0.15) is 0 Å². The minimum Gasteiger partial charge on any atom is -0.378 e. The van der Waals surface area contributed by atoms with Crippen molar-refractivity contribution < 1.29 is 9.59 Å². The third-order valence-corrected chi connectivity index (χ3v) is 4.39. The highest BCUT2D eigenvalue weighted by molar-refractivity contribution is 5.99. The number of anilines is 2. The van der Waals surface area contributed by atoms with Crippen LogP contribution in [0.2, 0.25) is 0 Å². The smallest absolute Gasteiger partial charge is 0.228 e. The van der Waals surface area contributed by atoms with Crippen molar-refractivity contribution in [2.45, 2.75) is 33.1 Å². The van der Waals surface area contributed by atoms with Crippen LogP contribution in [0.3, 0.4) is 0 Å². The van der Waals surface area contributed by atoms with Crippen molar-refractivity contribution in [3.05, 3.63) is 24.3 Å². The maximum Gasteiger partial charge on any atom is 0.228 e. The van der Waals surface area contributed by atoms with Crippen molar-refractivity contribution in [1.82, 2.24) is 4.90 Å². The summed E-state index contributed by atoms with van der Waals surface area (Å²) < 4.78 is 0. The predicted molar refractivity (Wildman–Crippen MR) is 98.2 cm³/mol. The van der Waals surface area contributed by atoms with Gasteiger partial charge in [-0.1, -0.05) is 13.8 Å². The number of rotatable bonds is 8. The van der Waals surface area contributed by atoms with E-state index < -0.39 is 0 Å². The Labute approximate surface area is 145 Å². The molecular formula is C19H29N3O2. The van der Waals surface area contributed by atoms with Crippen LogP contribution in [0.5, 0.6) is 0 Å². The number of amides is 2. The average Bonchev–Trinajstić information content (AvgIpc) is 3.35. The van der Waals surface area contributed by atoms with E-state index in [1.807, 2.05) is 48.2 Å². The van der Waals surface area contributed by atoms with Gasteiger partial charge in [-0.25, -0.2) is 0 Å². The molecule has 0 bridgehead atoms. The number of benzene rings is 1. The number of nitrogens with one attached hydrogen (secondary N) is 1. The fourth-order valence-corrected chi connectivity index (χ4v) is 2.94. The SMILES string of the molecule is CCCN(CCC)C(=O)C1CC1C(=O)Nc1ccc(N(C)C)cc1. The van der Waals surface area contributed by atoms with Crippen LogP contribution in [0.4, 0.5) is 11.4 Å². The molecule has 0 aliphatic heterocycles. The molecule has 1 fully saturated rings. The van der Waals surface area contributed by atoms with E-state index in [0.717, 1.165) is 37.3 Å². The molecule has 1 N–H and O–H groups in total. The summed E-state index contributed by atoms with van der Waals surface area (Å²) in [6.07, 6.45) is 2.57. The van der Waals surface area contributed by atoms with Crippen LogP contribution in [-0.4, -0.2) is 43.9 Å². The quantitative estimate of drug-likeness (QED) is 0.797. The highest BCUT2D eigenvalue weighted by Crippen LogP contribution is 2.41. The van der Waals surface area contributed by atoms with Crippen molar-refractivity contribution in [2.75, 3.05) is 37.4 Å². The zero-order chi connectivity index (χ0) is 17.7. The summed E-state index contributed by atoms with van der Waals surface area (Å²) in [4.78, 5) is 28.8. The number of nitrogens with zero attached hydrogens (tertiary/aromatic N) is 2. The van der Waals surface area contributed by atoms with Crippen LogP contribution in [0.25, 0.3) is 0 Å². The first kappa shape index (κ1) is 18.3. The molecule has 0 radical (unpaired) electrons. The first-order chi connectivity index (χ1) is 11.5. The molecule has 1 aliphatic rings. The summed E-state index contributed by atoms with van der Waals surface area (Å²) in [5, 5.41) is 2.93. The zero-order valence-electron chi connectivity index (χ0n) is 15.2. The second-order valence-corrected chi connectivity index (χ2v) is 6.70. The Bertz CT molecular complexity index is 562. The zero-order valence-corrected chi connectivity index (χ0v) is 15.2. The Morgan fingerprint density at radius 3 is 2.12 bits per heavy atom. The molecular weight excluding hydrogens is 302 g/mol. The Kier molecular flexibility index (Phi) is 6.23.